The summed E-state index contributed by atoms with van der Waals surface area (Å²) >= 11 is 0. The number of pyridine rings is 1. The van der Waals surface area contributed by atoms with Gasteiger partial charge in [-0.15, -0.1) is 0 Å². The number of urea groups is 1. The fourth-order valence-electron chi connectivity index (χ4n) is 3.06. The largest absolute Gasteiger partial charge is 0.346 e. The predicted molar refractivity (Wildman–Crippen MR) is 104 cm³/mol. The minimum Gasteiger partial charge on any atom is -0.304 e. The number of nitrogens with zero attached hydrogens (tertiary/aromatic N) is 4. The van der Waals surface area contributed by atoms with Crippen molar-refractivity contribution >= 4 is 11.7 Å². The number of amides is 2. The van der Waals surface area contributed by atoms with Gasteiger partial charge in [0.1, 0.15) is 0 Å². The van der Waals surface area contributed by atoms with E-state index in [0.29, 0.717) is 34.5 Å². The third kappa shape index (κ3) is 4.45. The van der Waals surface area contributed by atoms with E-state index >= 15 is 0 Å². The number of nitrogens with one attached hydrogen (secondary N) is 1. The van der Waals surface area contributed by atoms with E-state index in [-0.39, 0.29) is 6.04 Å². The summed E-state index contributed by atoms with van der Waals surface area (Å²) < 4.78 is 25.7. The number of hydrogen-bond acceptors (Lipinski definition) is 4. The van der Waals surface area contributed by atoms with Crippen molar-refractivity contribution in [3.63, 3.8) is 0 Å². The number of anilines is 1. The number of alkyl halides is 2. The maximum atomic E-state index is 12.7. The quantitative estimate of drug-likeness (QED) is 0.664. The van der Waals surface area contributed by atoms with E-state index < -0.39 is 12.6 Å². The molecule has 152 valence electrons. The van der Waals surface area contributed by atoms with Crippen molar-refractivity contribution in [1.82, 2.24) is 19.8 Å². The Balaban J connectivity index is 1.45. The zero-order valence-corrected chi connectivity index (χ0v) is 15.7. The lowest BCUT2D eigenvalue weighted by atomic mass is 10.1. The first-order valence-electron chi connectivity index (χ1n) is 9.17. The van der Waals surface area contributed by atoms with Crippen molar-refractivity contribution in [2.75, 3.05) is 11.9 Å². The molecule has 0 saturated carbocycles. The molecule has 0 unspecified atom stereocenters. The highest BCUT2D eigenvalue weighted by molar-refractivity contribution is 5.89. The number of carbonyl (C=O) groups is 1. The van der Waals surface area contributed by atoms with Crippen LogP contribution in [0.5, 0.6) is 0 Å². The number of hydrogen-bond donors (Lipinski definition) is 1. The normalized spacial score (nSPS) is 15.7. The van der Waals surface area contributed by atoms with Gasteiger partial charge in [-0.25, -0.2) is 9.48 Å². The minimum absolute atomic E-state index is 0.173. The molecule has 4 rings (SSSR count). The van der Waals surface area contributed by atoms with Gasteiger partial charge in [0.25, 0.3) is 0 Å². The summed E-state index contributed by atoms with van der Waals surface area (Å²) in [5, 5.41) is 7.62. The maximum absolute atomic E-state index is 12.7. The molecule has 7 nitrogen and oxygen atoms in total. The second kappa shape index (κ2) is 8.71. The summed E-state index contributed by atoms with van der Waals surface area (Å²) in [5.41, 5.74) is 2.30. The topological polar surface area (TPSA) is 72.3 Å². The van der Waals surface area contributed by atoms with Crippen LogP contribution in [0.1, 0.15) is 35.7 Å². The van der Waals surface area contributed by atoms with Crippen LogP contribution in [0.25, 0.3) is 0 Å². The molecular weight excluding hydrogens is 392 g/mol. The molecule has 2 amide bonds. The van der Waals surface area contributed by atoms with Gasteiger partial charge in [0.05, 0.1) is 36.3 Å². The molecule has 0 radical (unpaired) electrons. The number of halogens is 2. The summed E-state index contributed by atoms with van der Waals surface area (Å²) in [5.74, 6) is 5.57. The van der Waals surface area contributed by atoms with Gasteiger partial charge in [-0.05, 0) is 11.6 Å². The van der Waals surface area contributed by atoms with E-state index in [2.05, 4.69) is 27.2 Å². The average molecular weight is 409 g/mol. The standard InChI is InChI=1S/C21H17F2N5O2/c22-20(23)27-14-16(12-25-27)7-6-15-10-18(13-24-11-15)26-21(29)28-19(8-9-30-28)17-4-2-1-3-5-17/h1-5,10-14,19-20H,8-9H2,(H,26,29)/t19-/m0/s1. The zero-order chi connectivity index (χ0) is 20.9. The molecule has 1 N–H and O–H groups in total. The van der Waals surface area contributed by atoms with Crippen molar-refractivity contribution in [2.24, 2.45) is 0 Å². The van der Waals surface area contributed by atoms with E-state index in [1.807, 2.05) is 30.3 Å². The summed E-state index contributed by atoms with van der Waals surface area (Å²) in [6.45, 7) is -2.27. The molecule has 0 spiro atoms. The molecule has 3 heterocycles. The lowest BCUT2D eigenvalue weighted by Gasteiger charge is -2.23. The Hall–Kier alpha value is -3.77. The predicted octanol–water partition coefficient (Wildman–Crippen LogP) is 3.98. The number of benzene rings is 1. The Kier molecular flexibility index (Phi) is 5.68. The van der Waals surface area contributed by atoms with E-state index in [1.54, 1.807) is 6.07 Å². The third-order valence-electron chi connectivity index (χ3n) is 4.43. The van der Waals surface area contributed by atoms with Gasteiger partial charge >= 0.3 is 12.6 Å². The Labute approximate surface area is 171 Å². The maximum Gasteiger partial charge on any atom is 0.346 e. The molecule has 0 aliphatic carbocycles. The molecule has 9 heteroatoms. The van der Waals surface area contributed by atoms with Crippen molar-refractivity contribution < 1.29 is 18.4 Å². The van der Waals surface area contributed by atoms with Gasteiger partial charge in [-0.1, -0.05) is 42.2 Å². The van der Waals surface area contributed by atoms with E-state index in [9.17, 15) is 13.6 Å². The molecule has 1 saturated heterocycles. The average Bonchev–Trinajstić information content (AvgIpc) is 3.43. The summed E-state index contributed by atoms with van der Waals surface area (Å²) in [6, 6.07) is 10.7. The molecule has 3 aromatic rings. The number of rotatable bonds is 3. The summed E-state index contributed by atoms with van der Waals surface area (Å²) in [7, 11) is 0. The van der Waals surface area contributed by atoms with Crippen molar-refractivity contribution in [3.8, 4) is 11.8 Å². The van der Waals surface area contributed by atoms with Crippen LogP contribution in [0.4, 0.5) is 19.3 Å². The zero-order valence-electron chi connectivity index (χ0n) is 15.7. The minimum atomic E-state index is -2.71. The Morgan fingerprint density at radius 2 is 1.97 bits per heavy atom. The summed E-state index contributed by atoms with van der Waals surface area (Å²) in [6.07, 6.45) is 6.12. The van der Waals surface area contributed by atoms with Crippen LogP contribution in [-0.4, -0.2) is 32.5 Å². The van der Waals surface area contributed by atoms with Gasteiger partial charge in [0.2, 0.25) is 0 Å². The molecule has 1 fully saturated rings. The lowest BCUT2D eigenvalue weighted by Crippen LogP contribution is -2.33. The lowest BCUT2D eigenvalue weighted by molar-refractivity contribution is -0.0829. The van der Waals surface area contributed by atoms with Crippen LogP contribution >= 0.6 is 0 Å². The first kappa shape index (κ1) is 19.5. The van der Waals surface area contributed by atoms with Gasteiger partial charge in [0, 0.05) is 24.4 Å². The van der Waals surface area contributed by atoms with Gasteiger partial charge in [-0.2, -0.15) is 18.9 Å². The second-order valence-electron chi connectivity index (χ2n) is 6.50. The van der Waals surface area contributed by atoms with Crippen LogP contribution in [0.15, 0.2) is 61.2 Å². The molecular formula is C21H17F2N5O2. The third-order valence-corrected chi connectivity index (χ3v) is 4.43. The molecule has 1 aliphatic rings. The number of aromatic nitrogens is 3. The van der Waals surface area contributed by atoms with E-state index in [1.165, 1.54) is 23.7 Å². The van der Waals surface area contributed by atoms with E-state index in [4.69, 9.17) is 4.84 Å². The molecule has 1 atom stereocenters. The van der Waals surface area contributed by atoms with Crippen LogP contribution in [0, 0.1) is 11.8 Å². The second-order valence-corrected chi connectivity index (χ2v) is 6.50. The van der Waals surface area contributed by atoms with Gasteiger partial charge in [-0.3, -0.25) is 9.82 Å². The number of hydroxylamine groups is 2. The summed E-state index contributed by atoms with van der Waals surface area (Å²) in [4.78, 5) is 22.3. The van der Waals surface area contributed by atoms with Crippen molar-refractivity contribution in [1.29, 1.82) is 0 Å². The highest BCUT2D eigenvalue weighted by Gasteiger charge is 2.31. The van der Waals surface area contributed by atoms with Crippen LogP contribution in [0.3, 0.4) is 0 Å². The smallest absolute Gasteiger partial charge is 0.304 e. The van der Waals surface area contributed by atoms with Crippen LogP contribution in [-0.2, 0) is 4.84 Å². The molecule has 1 aliphatic heterocycles. The Bertz CT molecular complexity index is 1090. The highest BCUT2D eigenvalue weighted by Crippen LogP contribution is 2.30. The van der Waals surface area contributed by atoms with Crippen molar-refractivity contribution in [3.05, 3.63) is 77.9 Å². The molecule has 2 aromatic heterocycles. The molecule has 0 bridgehead atoms. The highest BCUT2D eigenvalue weighted by atomic mass is 19.3. The van der Waals surface area contributed by atoms with Crippen molar-refractivity contribution in [2.45, 2.75) is 19.0 Å². The van der Waals surface area contributed by atoms with Crippen LogP contribution in [0.2, 0.25) is 0 Å². The molecule has 30 heavy (non-hydrogen) atoms. The van der Waals surface area contributed by atoms with Crippen LogP contribution < -0.4 is 5.32 Å². The Morgan fingerprint density at radius 3 is 2.73 bits per heavy atom. The fraction of sp³-hybridized carbons (Fsp3) is 0.190. The van der Waals surface area contributed by atoms with E-state index in [0.717, 1.165) is 11.8 Å². The SMILES string of the molecule is O=C(Nc1cncc(C#Cc2cnn(C(F)F)c2)c1)N1OCC[C@H]1c1ccccc1. The fourth-order valence-corrected chi connectivity index (χ4v) is 3.06. The first-order chi connectivity index (χ1) is 14.6. The van der Waals surface area contributed by atoms with Gasteiger partial charge in [0.15, 0.2) is 0 Å². The van der Waals surface area contributed by atoms with Gasteiger partial charge < -0.3 is 5.32 Å². The number of carbonyl (C=O) groups excluding carboxylic acids is 1. The first-order valence-corrected chi connectivity index (χ1v) is 9.17. The Morgan fingerprint density at radius 1 is 1.17 bits per heavy atom. The monoisotopic (exact) mass is 409 g/mol. The molecule has 1 aromatic carbocycles.